The van der Waals surface area contributed by atoms with Gasteiger partial charge in [-0.1, -0.05) is 30.3 Å². The fraction of sp³-hybridized carbons (Fsp3) is 0.341. The van der Waals surface area contributed by atoms with Gasteiger partial charge in [-0.15, -0.1) is 45.3 Å². The Morgan fingerprint density at radius 3 is 1.03 bits per heavy atom. The van der Waals surface area contributed by atoms with Crippen LogP contribution in [0.2, 0.25) is 0 Å². The summed E-state index contributed by atoms with van der Waals surface area (Å²) in [6, 6.07) is 46.4. The Hall–Kier alpha value is -11.7. The fourth-order valence-electron chi connectivity index (χ4n) is 13.3. The highest BCUT2D eigenvalue weighted by atomic mass is 32.3. The third-order valence-corrected chi connectivity index (χ3v) is 33.6. The number of nitrogens with two attached hydrogens (primary N) is 1. The molecule has 46 heteroatoms. The van der Waals surface area contributed by atoms with Crippen LogP contribution in [0.25, 0.3) is 48.4 Å². The fourth-order valence-corrected chi connectivity index (χ4v) is 23.5. The van der Waals surface area contributed by atoms with Crippen LogP contribution in [0.3, 0.4) is 0 Å². The minimum absolute atomic E-state index is 0. The van der Waals surface area contributed by atoms with Crippen LogP contribution in [0.1, 0.15) is 216 Å². The van der Waals surface area contributed by atoms with Gasteiger partial charge in [-0.25, -0.2) is 86.3 Å². The van der Waals surface area contributed by atoms with Crippen molar-refractivity contribution in [3.05, 3.63) is 214 Å². The molecule has 5 saturated carbocycles. The first-order valence-electron chi connectivity index (χ1n) is 42.9. The van der Waals surface area contributed by atoms with Crippen molar-refractivity contribution in [3.63, 3.8) is 0 Å². The first-order chi connectivity index (χ1) is 63.3. The highest BCUT2D eigenvalue weighted by Gasteiger charge is 2.33. The highest BCUT2D eigenvalue weighted by molar-refractivity contribution is 7.92. The highest BCUT2D eigenvalue weighted by Crippen LogP contribution is 2.45. The summed E-state index contributed by atoms with van der Waals surface area (Å²) in [5, 5.41) is 68.7. The normalized spacial score (nSPS) is 14.9. The Labute approximate surface area is 813 Å². The van der Waals surface area contributed by atoms with Crippen molar-refractivity contribution in [3.8, 4) is 42.3 Å². The maximum absolute atomic E-state index is 12.6. The summed E-state index contributed by atoms with van der Waals surface area (Å²) < 4.78 is 129. The Balaban J connectivity index is 0.000000907. The quantitative estimate of drug-likeness (QED) is 0.0147. The molecule has 0 spiro atoms. The van der Waals surface area contributed by atoms with Gasteiger partial charge in [-0.2, -0.15) is 25.5 Å². The summed E-state index contributed by atoms with van der Waals surface area (Å²) in [5.74, 6) is 9.03. The summed E-state index contributed by atoms with van der Waals surface area (Å²) in [4.78, 5) is 36.5. The molecule has 0 bridgehead atoms. The van der Waals surface area contributed by atoms with Gasteiger partial charge in [-0.3, -0.25) is 35.6 Å². The molecule has 0 radical (unpaired) electrons. The molecule has 0 atom stereocenters. The summed E-state index contributed by atoms with van der Waals surface area (Å²) in [6.45, 7) is 18.2. The minimum Gasteiger partial charge on any atom is -0.323 e. The first-order valence-corrected chi connectivity index (χ1v) is 54.2. The predicted octanol–water partition coefficient (Wildman–Crippen LogP) is 21.6. The molecule has 14 aromatic rings. The van der Waals surface area contributed by atoms with E-state index in [-0.39, 0.29) is 54.1 Å². The molecule has 734 valence electrons. The molecule has 14 heterocycles. The number of H-pyrrole nitrogens is 5. The second-order valence-corrected chi connectivity index (χ2v) is 50.1. The van der Waals surface area contributed by atoms with Crippen LogP contribution in [-0.4, -0.2) is 152 Å². The zero-order chi connectivity index (χ0) is 95.5. The molecule has 14 aromatic heterocycles. The van der Waals surface area contributed by atoms with E-state index in [1.165, 1.54) is 105 Å². The number of thiophene rings is 4. The molecule has 134 heavy (non-hydrogen) atoms. The monoisotopic (exact) mass is 2020 g/mol. The van der Waals surface area contributed by atoms with E-state index in [0.717, 1.165) is 113 Å². The van der Waals surface area contributed by atoms with E-state index in [1.807, 2.05) is 146 Å². The Bertz CT molecular complexity index is 7280. The van der Waals surface area contributed by atoms with Gasteiger partial charge in [0.05, 0.1) is 58.7 Å². The van der Waals surface area contributed by atoms with Gasteiger partial charge in [0.1, 0.15) is 40.1 Å². The summed E-state index contributed by atoms with van der Waals surface area (Å²) in [7, 11) is -17.5. The van der Waals surface area contributed by atoms with E-state index in [0.29, 0.717) is 86.3 Å². The van der Waals surface area contributed by atoms with Crippen LogP contribution in [0.4, 0.5) is 63.9 Å². The van der Waals surface area contributed by atoms with Crippen LogP contribution in [0.15, 0.2) is 181 Å². The lowest BCUT2D eigenvalue weighted by atomic mass is 10.1. The standard InChI is InChI=1S/C20H25N5O2S2.C19H22N6O4S2.C19H23N5O2S2.C15H15N5O2S2.C15H18N4O2S.14H2/c1-12-5-8-14(16-9-10-18(28-16)29(26,27)25-20(2,3)4)21-19(12)22-17-11-15(23-24-17)13-6-7-13;1-19(2,3)24-31(28,29)17-9-8-15(30-17)12-6-7-14(25(26)27)18(20-12)21-16-10-13(22-23-16)11-4-5-11;1-19(2,3)24-28(25,26)18-10-9-15(27-18)13-5-4-6-16(20-13)21-17-11-14(22-23-17)12-7-8-12;16-24(21,22)15-7-6-12(23-15)10-2-1-3-13(17-10)18-14-8-11(19-20-14)9-4-5-9;1-22(20,21)9-3-5-12-4-2-6-14(16-12)17-15-10-13(18-19-15)11-7-8-11;;;;;;;;;;;;;;/h5,8-11,13,25H,6-7H2,1-4H3,(H2,21,22,23,24);6-11,24H,4-5H2,1-3H3,(H2,20,21,22,23);4-6,9-12,24H,7-8H2,1-3H3,(H2,20,21,22,23);1-3,6-9H,4-5H2,(H2,16,21,22)(H2,17,18,19,20);2-6,10-11H,7-9H2,1H3,(H2,16,17,18,19);14*1H/b;;;;5-3+;;;;;;;;;;;;;;. The van der Waals surface area contributed by atoms with Gasteiger partial charge in [0, 0.05) is 137 Å². The van der Waals surface area contributed by atoms with Crippen molar-refractivity contribution in [2.45, 2.75) is 196 Å². The van der Waals surface area contributed by atoms with E-state index in [2.05, 4.69) is 112 Å². The molecule has 5 aliphatic rings. The van der Waals surface area contributed by atoms with Gasteiger partial charge >= 0.3 is 5.69 Å². The zero-order valence-electron chi connectivity index (χ0n) is 74.9. The number of sulfone groups is 1. The third kappa shape index (κ3) is 27.6. The molecular formula is C88H131N25O12S9. The second kappa shape index (κ2) is 39.7. The number of aryl methyl sites for hydroxylation is 1. The van der Waals surface area contributed by atoms with Crippen LogP contribution in [0, 0.1) is 17.0 Å². The van der Waals surface area contributed by atoms with Crippen LogP contribution in [-0.2, 0) is 49.9 Å². The minimum atomic E-state index is -3.69. The summed E-state index contributed by atoms with van der Waals surface area (Å²) in [6.07, 6.45) is 16.4. The third-order valence-electron chi connectivity index (χ3n) is 20.2. The van der Waals surface area contributed by atoms with Gasteiger partial charge in [0.25, 0.3) is 30.1 Å². The average molecular weight is 2020 g/mol. The van der Waals surface area contributed by atoms with E-state index < -0.39 is 71.5 Å². The molecule has 5 fully saturated rings. The topological polar surface area (TPSA) is 544 Å². The van der Waals surface area contributed by atoms with Crippen LogP contribution < -0.4 is 45.9 Å². The number of rotatable bonds is 30. The lowest BCUT2D eigenvalue weighted by Crippen LogP contribution is -2.40. The molecule has 19 rings (SSSR count). The van der Waals surface area contributed by atoms with E-state index >= 15 is 0 Å². The van der Waals surface area contributed by atoms with Crippen molar-refractivity contribution >= 4 is 165 Å². The Morgan fingerprint density at radius 2 is 0.701 bits per heavy atom. The number of primary sulfonamides is 1. The van der Waals surface area contributed by atoms with Crippen LogP contribution >= 0.6 is 45.3 Å². The molecule has 5 aliphatic carbocycles. The number of nitrogens with one attached hydrogen (secondary N) is 13. The number of sulfonamides is 4. The molecule has 0 saturated heterocycles. The number of hydrogen-bond acceptors (Lipinski definition) is 31. The number of aromatic nitrogens is 15. The molecule has 0 unspecified atom stereocenters. The maximum Gasteiger partial charge on any atom is 0.311 e. The number of nitro groups is 1. The lowest BCUT2D eigenvalue weighted by Gasteiger charge is -2.19. The SMILES string of the molecule is CC(C)(C)NS(=O)(=O)c1ccc(-c2ccc([N+](=O)[O-])c(Nc3cc(C4CC4)[nH]n3)n2)s1.CC(C)(C)NS(=O)(=O)c1ccc(-c2cccc(Nc3cc(C4CC4)[nH]n3)n2)s1.CS(=O)(=O)C/C=C/c1cccc(Nc2cc(C3CC3)[nH]n2)n1.Cc1ccc(-c2ccc(S(=O)(=O)NC(C)(C)C)s2)nc1Nc1cc(C2CC2)[nH]n1.NS(=O)(=O)c1ccc(-c2cccc(Nc3cc(C4CC4)[nH]n3)n2)s1.[HH].[HH].[HH].[HH].[HH].[HH].[HH].[HH].[HH].[HH].[HH].[HH].[HH].[HH]. The summed E-state index contributed by atoms with van der Waals surface area (Å²) >= 11 is 4.56. The number of nitrogens with zero attached hydrogens (tertiary/aromatic N) is 11. The Morgan fingerprint density at radius 1 is 0.396 bits per heavy atom. The van der Waals surface area contributed by atoms with Gasteiger partial charge < -0.3 is 26.6 Å². The van der Waals surface area contributed by atoms with Gasteiger partial charge in [-0.05, 0) is 242 Å². The van der Waals surface area contributed by atoms with Crippen molar-refractivity contribution < 1.29 is 67.0 Å². The van der Waals surface area contributed by atoms with E-state index in [4.69, 9.17) is 10.1 Å². The molecule has 0 amide bonds. The van der Waals surface area contributed by atoms with E-state index in [9.17, 15) is 52.2 Å². The van der Waals surface area contributed by atoms with Crippen LogP contribution in [0.5, 0.6) is 0 Å². The number of hydrogen-bond donors (Lipinski definition) is 14. The van der Waals surface area contributed by atoms with Crippen molar-refractivity contribution in [2.24, 2.45) is 5.14 Å². The summed E-state index contributed by atoms with van der Waals surface area (Å²) in [5.41, 5.74) is 7.94. The maximum atomic E-state index is 12.6. The molecule has 15 N–H and O–H groups in total. The smallest absolute Gasteiger partial charge is 0.311 e. The largest absolute Gasteiger partial charge is 0.323 e. The molecule has 0 aliphatic heterocycles. The number of pyridine rings is 5. The lowest BCUT2D eigenvalue weighted by molar-refractivity contribution is -0.384. The van der Waals surface area contributed by atoms with Crippen molar-refractivity contribution in [1.82, 2.24) is 90.1 Å². The number of anilines is 10. The average Bonchev–Trinajstić information content (AvgIpc) is 1.64. The van der Waals surface area contributed by atoms with Gasteiger partial charge in [0.2, 0.25) is 15.8 Å². The van der Waals surface area contributed by atoms with Crippen molar-refractivity contribution in [2.75, 3.05) is 38.6 Å². The molecule has 37 nitrogen and oxygen atoms in total. The first kappa shape index (κ1) is 96.9. The predicted molar refractivity (Wildman–Crippen MR) is 555 cm³/mol. The zero-order valence-corrected chi connectivity index (χ0v) is 82.2. The van der Waals surface area contributed by atoms with Crippen molar-refractivity contribution in [1.29, 1.82) is 0 Å². The number of aromatic amines is 5. The van der Waals surface area contributed by atoms with Gasteiger partial charge in [0.15, 0.2) is 38.9 Å². The molecule has 0 aromatic carbocycles. The second-order valence-electron chi connectivity index (χ2n) is 36.1. The molecular weight excluding hydrogens is 1890 g/mol. The Kier molecular flexibility index (Phi) is 28.7. The van der Waals surface area contributed by atoms with E-state index in [1.54, 1.807) is 69.3 Å².